The zero-order valence-corrected chi connectivity index (χ0v) is 12.3. The first kappa shape index (κ1) is 12.7. The van der Waals surface area contributed by atoms with Gasteiger partial charge in [-0.1, -0.05) is 52.3 Å². The van der Waals surface area contributed by atoms with E-state index in [0.717, 1.165) is 42.3 Å². The molecule has 1 fully saturated rings. The number of piperidine rings is 1. The third kappa shape index (κ3) is 2.52. The number of carbonyl (C=O) groups excluding carboxylic acids is 1. The Morgan fingerprint density at radius 1 is 1.16 bits per heavy atom. The largest absolute Gasteiger partial charge is 0.338 e. The van der Waals surface area contributed by atoms with E-state index in [0.29, 0.717) is 4.83 Å². The highest BCUT2D eigenvalue weighted by Crippen LogP contribution is 2.23. The standard InChI is InChI=1S/C16H16BrNO/c17-13-7-4-10-18(11-13)16(19)15-9-3-6-12-5-1-2-8-14(12)15/h1-3,5-6,8-9,13H,4,7,10-11H2. The van der Waals surface area contributed by atoms with Crippen molar-refractivity contribution in [2.45, 2.75) is 17.7 Å². The summed E-state index contributed by atoms with van der Waals surface area (Å²) in [5.74, 6) is 0.154. The van der Waals surface area contributed by atoms with Crippen molar-refractivity contribution >= 4 is 32.6 Å². The third-order valence-electron chi connectivity index (χ3n) is 3.67. The lowest BCUT2D eigenvalue weighted by molar-refractivity contribution is 0.0732. The van der Waals surface area contributed by atoms with Crippen LogP contribution in [0, 0.1) is 0 Å². The van der Waals surface area contributed by atoms with E-state index >= 15 is 0 Å². The van der Waals surface area contributed by atoms with Crippen LogP contribution in [-0.4, -0.2) is 28.7 Å². The van der Waals surface area contributed by atoms with Crippen molar-refractivity contribution in [3.8, 4) is 0 Å². The summed E-state index contributed by atoms with van der Waals surface area (Å²) in [4.78, 5) is 15.1. The predicted octanol–water partition coefficient (Wildman–Crippen LogP) is 3.84. The van der Waals surface area contributed by atoms with Gasteiger partial charge in [0.25, 0.3) is 5.91 Å². The number of nitrogens with zero attached hydrogens (tertiary/aromatic N) is 1. The molecule has 1 saturated heterocycles. The molecule has 2 nitrogen and oxygen atoms in total. The van der Waals surface area contributed by atoms with Crippen molar-refractivity contribution in [2.75, 3.05) is 13.1 Å². The fraction of sp³-hybridized carbons (Fsp3) is 0.312. The molecule has 1 heterocycles. The van der Waals surface area contributed by atoms with Crippen LogP contribution in [0.4, 0.5) is 0 Å². The minimum Gasteiger partial charge on any atom is -0.338 e. The molecule has 2 aromatic rings. The first-order valence-electron chi connectivity index (χ1n) is 6.67. The first-order chi connectivity index (χ1) is 9.25. The average molecular weight is 318 g/mol. The zero-order chi connectivity index (χ0) is 13.2. The number of halogens is 1. The Morgan fingerprint density at radius 2 is 1.95 bits per heavy atom. The van der Waals surface area contributed by atoms with Gasteiger partial charge in [0, 0.05) is 23.5 Å². The van der Waals surface area contributed by atoms with Crippen LogP contribution in [0.15, 0.2) is 42.5 Å². The van der Waals surface area contributed by atoms with Gasteiger partial charge in [0.15, 0.2) is 0 Å². The van der Waals surface area contributed by atoms with Crippen molar-refractivity contribution in [3.05, 3.63) is 48.0 Å². The Morgan fingerprint density at radius 3 is 2.79 bits per heavy atom. The SMILES string of the molecule is O=C(c1cccc2ccccc12)N1CCCC(Br)C1. The molecule has 1 aliphatic heterocycles. The summed E-state index contributed by atoms with van der Waals surface area (Å²) < 4.78 is 0. The number of rotatable bonds is 1. The van der Waals surface area contributed by atoms with E-state index in [2.05, 4.69) is 28.1 Å². The Kier molecular flexibility index (Phi) is 3.56. The number of hydrogen-bond donors (Lipinski definition) is 0. The maximum atomic E-state index is 12.7. The van der Waals surface area contributed by atoms with Crippen molar-refractivity contribution < 1.29 is 4.79 Å². The Hall–Kier alpha value is -1.35. The molecular formula is C16H16BrNO. The van der Waals surface area contributed by atoms with Gasteiger partial charge in [0.1, 0.15) is 0 Å². The molecule has 1 amide bonds. The molecule has 0 saturated carbocycles. The third-order valence-corrected chi connectivity index (χ3v) is 4.42. The number of alkyl halides is 1. The second kappa shape index (κ2) is 5.33. The van der Waals surface area contributed by atoms with E-state index in [1.165, 1.54) is 0 Å². The zero-order valence-electron chi connectivity index (χ0n) is 10.7. The first-order valence-corrected chi connectivity index (χ1v) is 7.58. The van der Waals surface area contributed by atoms with Crippen LogP contribution in [0.25, 0.3) is 10.8 Å². The highest BCUT2D eigenvalue weighted by atomic mass is 79.9. The van der Waals surface area contributed by atoms with Gasteiger partial charge >= 0.3 is 0 Å². The molecular weight excluding hydrogens is 302 g/mol. The number of fused-ring (bicyclic) bond motifs is 1. The molecule has 0 bridgehead atoms. The second-order valence-corrected chi connectivity index (χ2v) is 6.31. The highest BCUT2D eigenvalue weighted by molar-refractivity contribution is 9.09. The fourth-order valence-corrected chi connectivity index (χ4v) is 3.37. The number of likely N-dealkylation sites (tertiary alicyclic amines) is 1. The molecule has 3 heteroatoms. The lowest BCUT2D eigenvalue weighted by Crippen LogP contribution is -2.40. The number of carbonyl (C=O) groups is 1. The Balaban J connectivity index is 1.97. The molecule has 1 atom stereocenters. The van der Waals surface area contributed by atoms with E-state index in [9.17, 15) is 4.79 Å². The normalized spacial score (nSPS) is 19.6. The molecule has 19 heavy (non-hydrogen) atoms. The summed E-state index contributed by atoms with van der Waals surface area (Å²) in [5.41, 5.74) is 0.819. The van der Waals surface area contributed by atoms with E-state index in [4.69, 9.17) is 0 Å². The topological polar surface area (TPSA) is 20.3 Å². The summed E-state index contributed by atoms with van der Waals surface area (Å²) in [6.07, 6.45) is 2.23. The average Bonchev–Trinajstić information content (AvgIpc) is 2.46. The Labute approximate surface area is 121 Å². The molecule has 0 radical (unpaired) electrons. The van der Waals surface area contributed by atoms with Gasteiger partial charge in [-0.2, -0.15) is 0 Å². The quantitative estimate of drug-likeness (QED) is 0.732. The predicted molar refractivity (Wildman–Crippen MR) is 81.8 cm³/mol. The molecule has 0 aromatic heterocycles. The van der Waals surface area contributed by atoms with Gasteiger partial charge in [0.05, 0.1) is 0 Å². The van der Waals surface area contributed by atoms with Crippen molar-refractivity contribution in [1.82, 2.24) is 4.90 Å². The lowest BCUT2D eigenvalue weighted by Gasteiger charge is -2.30. The molecule has 0 N–H and O–H groups in total. The van der Waals surface area contributed by atoms with Crippen LogP contribution in [-0.2, 0) is 0 Å². The maximum absolute atomic E-state index is 12.7. The van der Waals surface area contributed by atoms with Crippen LogP contribution in [0.3, 0.4) is 0 Å². The van der Waals surface area contributed by atoms with E-state index in [-0.39, 0.29) is 5.91 Å². The monoisotopic (exact) mass is 317 g/mol. The maximum Gasteiger partial charge on any atom is 0.254 e. The van der Waals surface area contributed by atoms with Crippen molar-refractivity contribution in [1.29, 1.82) is 0 Å². The number of amides is 1. The molecule has 0 spiro atoms. The van der Waals surface area contributed by atoms with E-state index in [1.54, 1.807) is 0 Å². The smallest absolute Gasteiger partial charge is 0.254 e. The summed E-state index contributed by atoms with van der Waals surface area (Å²) in [7, 11) is 0. The van der Waals surface area contributed by atoms with Gasteiger partial charge in [-0.05, 0) is 29.7 Å². The molecule has 98 valence electrons. The van der Waals surface area contributed by atoms with Crippen molar-refractivity contribution in [3.63, 3.8) is 0 Å². The van der Waals surface area contributed by atoms with Crippen LogP contribution >= 0.6 is 15.9 Å². The van der Waals surface area contributed by atoms with E-state index in [1.807, 2.05) is 35.2 Å². The molecule has 0 aliphatic carbocycles. The molecule has 1 aliphatic rings. The van der Waals surface area contributed by atoms with Gasteiger partial charge in [-0.25, -0.2) is 0 Å². The molecule has 2 aromatic carbocycles. The highest BCUT2D eigenvalue weighted by Gasteiger charge is 2.23. The molecule has 1 unspecified atom stereocenters. The van der Waals surface area contributed by atoms with Crippen LogP contribution in [0.2, 0.25) is 0 Å². The van der Waals surface area contributed by atoms with Crippen molar-refractivity contribution in [2.24, 2.45) is 0 Å². The fourth-order valence-electron chi connectivity index (χ4n) is 2.69. The summed E-state index contributed by atoms with van der Waals surface area (Å²) in [6, 6.07) is 14.0. The van der Waals surface area contributed by atoms with Gasteiger partial charge < -0.3 is 4.90 Å². The van der Waals surface area contributed by atoms with Gasteiger partial charge in [-0.3, -0.25) is 4.79 Å². The summed E-state index contributed by atoms with van der Waals surface area (Å²) >= 11 is 3.63. The minimum atomic E-state index is 0.154. The summed E-state index contributed by atoms with van der Waals surface area (Å²) in [6.45, 7) is 1.67. The lowest BCUT2D eigenvalue weighted by atomic mass is 10.0. The van der Waals surface area contributed by atoms with Crippen LogP contribution in [0.5, 0.6) is 0 Å². The summed E-state index contributed by atoms with van der Waals surface area (Å²) in [5, 5.41) is 2.17. The molecule has 3 rings (SSSR count). The minimum absolute atomic E-state index is 0.154. The van der Waals surface area contributed by atoms with E-state index < -0.39 is 0 Å². The van der Waals surface area contributed by atoms with Crippen LogP contribution in [0.1, 0.15) is 23.2 Å². The van der Waals surface area contributed by atoms with Gasteiger partial charge in [-0.15, -0.1) is 0 Å². The Bertz CT molecular complexity index is 605. The number of benzene rings is 2. The number of hydrogen-bond acceptors (Lipinski definition) is 1. The second-order valence-electron chi connectivity index (χ2n) is 5.02. The van der Waals surface area contributed by atoms with Gasteiger partial charge in [0.2, 0.25) is 0 Å². The van der Waals surface area contributed by atoms with Crippen LogP contribution < -0.4 is 0 Å².